The van der Waals surface area contributed by atoms with Crippen LogP contribution in [0.25, 0.3) is 0 Å². The maximum Gasteiger partial charge on any atom is 0.419 e. The van der Waals surface area contributed by atoms with E-state index in [1.54, 1.807) is 24.5 Å². The van der Waals surface area contributed by atoms with Crippen molar-refractivity contribution < 1.29 is 26.9 Å². The molecule has 1 amide bonds. The lowest BCUT2D eigenvalue weighted by Gasteiger charge is -2.29. The zero-order chi connectivity index (χ0) is 34.3. The summed E-state index contributed by atoms with van der Waals surface area (Å²) in [6.07, 6.45) is 8.51. The van der Waals surface area contributed by atoms with Crippen molar-refractivity contribution in [3.8, 4) is 5.75 Å². The van der Waals surface area contributed by atoms with E-state index in [0.29, 0.717) is 17.0 Å². The molecule has 1 aromatic heterocycles. The van der Waals surface area contributed by atoms with Gasteiger partial charge < -0.3 is 20.3 Å². The summed E-state index contributed by atoms with van der Waals surface area (Å²) in [4.78, 5) is 22.4. The third-order valence-corrected chi connectivity index (χ3v) is 9.19. The first-order chi connectivity index (χ1) is 21.8. The van der Waals surface area contributed by atoms with Crippen molar-refractivity contribution in [2.24, 2.45) is 11.8 Å². The van der Waals surface area contributed by atoms with Gasteiger partial charge in [-0.3, -0.25) is 4.79 Å². The second-order valence-corrected chi connectivity index (χ2v) is 13.2. The number of carbonyl (C=O) groups is 1. The molecule has 2 atom stereocenters. The zero-order valence-corrected chi connectivity index (χ0v) is 29.2. The average molecular weight is 671 g/mol. The van der Waals surface area contributed by atoms with Crippen molar-refractivity contribution in [1.82, 2.24) is 24.9 Å². The Hall–Kier alpha value is -2.77. The third-order valence-electron chi connectivity index (χ3n) is 8.49. The lowest BCUT2D eigenvalue weighted by Crippen LogP contribution is -2.43. The van der Waals surface area contributed by atoms with Crippen LogP contribution in [0.15, 0.2) is 24.4 Å². The third kappa shape index (κ3) is 13.5. The number of methoxy groups -OCH3 is 1. The Morgan fingerprint density at radius 3 is 2.28 bits per heavy atom. The van der Waals surface area contributed by atoms with Crippen molar-refractivity contribution in [3.05, 3.63) is 41.2 Å². The molecule has 2 unspecified atom stereocenters. The number of aromatic nitrogens is 2. The lowest BCUT2D eigenvalue weighted by molar-refractivity contribution is -0.138. The van der Waals surface area contributed by atoms with Gasteiger partial charge in [0.05, 0.1) is 35.0 Å². The molecule has 13 heteroatoms. The van der Waals surface area contributed by atoms with E-state index < -0.39 is 22.7 Å². The minimum absolute atomic E-state index is 0.00215. The van der Waals surface area contributed by atoms with E-state index in [0.717, 1.165) is 50.5 Å². The normalized spacial score (nSPS) is 17.4. The number of nitrogens with one attached hydrogen (secondary N) is 3. The van der Waals surface area contributed by atoms with Crippen molar-refractivity contribution in [2.75, 3.05) is 45.4 Å². The van der Waals surface area contributed by atoms with Crippen LogP contribution in [0.2, 0.25) is 0 Å². The van der Waals surface area contributed by atoms with Gasteiger partial charge in [0.15, 0.2) is 0 Å². The summed E-state index contributed by atoms with van der Waals surface area (Å²) in [6, 6.07) is 4.93. The van der Waals surface area contributed by atoms with Crippen LogP contribution in [0.5, 0.6) is 5.75 Å². The van der Waals surface area contributed by atoms with Gasteiger partial charge in [0, 0.05) is 30.6 Å². The average Bonchev–Trinajstić information content (AvgIpc) is 3.02. The van der Waals surface area contributed by atoms with Crippen LogP contribution in [0.1, 0.15) is 93.8 Å². The van der Waals surface area contributed by atoms with Crippen LogP contribution in [-0.4, -0.2) is 71.1 Å². The minimum atomic E-state index is -4.51. The number of halogens is 3. The first-order valence-electron chi connectivity index (χ1n) is 16.2. The van der Waals surface area contributed by atoms with E-state index in [2.05, 4.69) is 51.1 Å². The number of aryl methyl sites for hydroxylation is 1. The molecule has 9 nitrogen and oxygen atoms in total. The number of anilines is 2. The lowest BCUT2D eigenvalue weighted by atomic mass is 9.80. The maximum atomic E-state index is 12.9. The molecule has 0 spiro atoms. The van der Waals surface area contributed by atoms with Gasteiger partial charge in [-0.25, -0.2) is 18.9 Å². The predicted octanol–water partition coefficient (Wildman–Crippen LogP) is 6.88. The molecule has 46 heavy (non-hydrogen) atoms. The number of amides is 1. The molecule has 1 saturated heterocycles. The fourth-order valence-corrected chi connectivity index (χ4v) is 5.93. The molecule has 1 aromatic carbocycles. The standard InChI is InChI=1S/C20H24F3N5O2.C10H20.C3H9NOS/c1-12-15(20(21,22)23)11-24-19(25-12)27-16-5-4-13(10-17(16)30-3)18(29)26-14-6-8-28(2)9-7-14;1-3-9(2)10-7-5-4-6-8-10;1-3-4-6(2)5/h4-5,10-11,14H,6-9H2,1-3H3,(H,26,29)(H,24,25,27);9-10H,3-8H2,1-2H3;4H,3H2,1-2H3. The molecule has 2 aliphatic rings. The highest BCUT2D eigenvalue weighted by molar-refractivity contribution is 7.82. The fraction of sp³-hybridized carbons (Fsp3) is 0.667. The van der Waals surface area contributed by atoms with Crippen molar-refractivity contribution >= 4 is 28.5 Å². The van der Waals surface area contributed by atoms with Gasteiger partial charge in [-0.1, -0.05) is 59.3 Å². The number of alkyl halides is 3. The number of rotatable bonds is 9. The van der Waals surface area contributed by atoms with Gasteiger partial charge in [-0.2, -0.15) is 13.2 Å². The topological polar surface area (TPSA) is 108 Å². The molecule has 260 valence electrons. The van der Waals surface area contributed by atoms with Crippen molar-refractivity contribution in [1.29, 1.82) is 0 Å². The number of carbonyl (C=O) groups excluding carboxylic acids is 1. The van der Waals surface area contributed by atoms with Crippen LogP contribution in [-0.2, 0) is 17.2 Å². The summed E-state index contributed by atoms with van der Waals surface area (Å²) in [7, 11) is 2.68. The highest BCUT2D eigenvalue weighted by Gasteiger charge is 2.33. The molecule has 2 aromatic rings. The van der Waals surface area contributed by atoms with Gasteiger partial charge in [-0.15, -0.1) is 0 Å². The Balaban J connectivity index is 0.000000376. The van der Waals surface area contributed by atoms with E-state index in [1.165, 1.54) is 52.6 Å². The fourth-order valence-electron chi connectivity index (χ4n) is 5.52. The number of benzene rings is 1. The van der Waals surface area contributed by atoms with E-state index in [1.807, 2.05) is 6.92 Å². The molecule has 4 rings (SSSR count). The Bertz CT molecular complexity index is 1240. The molecule has 0 radical (unpaired) electrons. The van der Waals surface area contributed by atoms with Gasteiger partial charge in [0.1, 0.15) is 5.75 Å². The monoisotopic (exact) mass is 670 g/mol. The SMILES string of the molecule is CCC(C)C1CCCCC1.CCNS(C)=O.COc1cc(C(=O)NC2CCN(C)CC2)ccc1Nc1ncc(C(F)(F)F)c(C)n1. The van der Waals surface area contributed by atoms with Crippen molar-refractivity contribution in [3.63, 3.8) is 0 Å². The molecule has 3 N–H and O–H groups in total. The molecule has 2 fully saturated rings. The maximum absolute atomic E-state index is 12.9. The number of ether oxygens (including phenoxy) is 1. The number of hydrogen-bond acceptors (Lipinski definition) is 7. The molecular formula is C33H53F3N6O3S. The van der Waals surface area contributed by atoms with Crippen LogP contribution >= 0.6 is 0 Å². The Kier molecular flexibility index (Phi) is 17.0. The number of likely N-dealkylation sites (tertiary alicyclic amines) is 1. The molecule has 1 aliphatic carbocycles. The van der Waals surface area contributed by atoms with E-state index in [-0.39, 0.29) is 23.6 Å². The highest BCUT2D eigenvalue weighted by atomic mass is 32.2. The van der Waals surface area contributed by atoms with Gasteiger partial charge in [0.2, 0.25) is 5.95 Å². The summed E-state index contributed by atoms with van der Waals surface area (Å²) in [6.45, 7) is 10.6. The predicted molar refractivity (Wildman–Crippen MR) is 180 cm³/mol. The van der Waals surface area contributed by atoms with Crippen LogP contribution in [0, 0.1) is 18.8 Å². The molecule has 2 heterocycles. The molecule has 0 bridgehead atoms. The number of nitrogens with zero attached hydrogens (tertiary/aromatic N) is 3. The summed E-state index contributed by atoms with van der Waals surface area (Å²) in [5.74, 6) is 2.21. The van der Waals surface area contributed by atoms with Gasteiger partial charge in [0.25, 0.3) is 5.91 Å². The molecular weight excluding hydrogens is 617 g/mol. The summed E-state index contributed by atoms with van der Waals surface area (Å²) < 4.78 is 56.7. The Morgan fingerprint density at radius 2 is 1.78 bits per heavy atom. The summed E-state index contributed by atoms with van der Waals surface area (Å²) >= 11 is 0. The molecule has 1 saturated carbocycles. The first kappa shape index (κ1) is 39.4. The summed E-state index contributed by atoms with van der Waals surface area (Å²) in [5.41, 5.74) is -0.206. The van der Waals surface area contributed by atoms with E-state index >= 15 is 0 Å². The smallest absolute Gasteiger partial charge is 0.419 e. The van der Waals surface area contributed by atoms with E-state index in [9.17, 15) is 22.2 Å². The Morgan fingerprint density at radius 1 is 1.13 bits per heavy atom. The summed E-state index contributed by atoms with van der Waals surface area (Å²) in [5, 5.41) is 5.87. The number of piperidine rings is 1. The Labute approximate surface area is 275 Å². The van der Waals surface area contributed by atoms with E-state index in [4.69, 9.17) is 4.74 Å². The minimum Gasteiger partial charge on any atom is -0.495 e. The largest absolute Gasteiger partial charge is 0.495 e. The van der Waals surface area contributed by atoms with Crippen LogP contribution in [0.4, 0.5) is 24.8 Å². The quantitative estimate of drug-likeness (QED) is 0.267. The second kappa shape index (κ2) is 19.8. The first-order valence-corrected chi connectivity index (χ1v) is 17.8. The second-order valence-electron chi connectivity index (χ2n) is 12.0. The van der Waals surface area contributed by atoms with Crippen LogP contribution in [0.3, 0.4) is 0 Å². The van der Waals surface area contributed by atoms with Gasteiger partial charge in [-0.05, 0) is 69.9 Å². The molecule has 1 aliphatic heterocycles. The van der Waals surface area contributed by atoms with Crippen molar-refractivity contribution in [2.45, 2.75) is 91.3 Å². The van der Waals surface area contributed by atoms with Crippen LogP contribution < -0.4 is 20.1 Å². The highest BCUT2D eigenvalue weighted by Crippen LogP contribution is 2.33. The number of hydrogen-bond donors (Lipinski definition) is 3. The zero-order valence-electron chi connectivity index (χ0n) is 28.4. The van der Waals surface area contributed by atoms with Gasteiger partial charge >= 0.3 is 6.18 Å².